The number of phenols is 1. The third kappa shape index (κ3) is 3.15. The molecule has 1 N–H and O–H groups in total. The molecule has 0 unspecified atom stereocenters. The Morgan fingerprint density at radius 3 is 2.46 bits per heavy atom. The summed E-state index contributed by atoms with van der Waals surface area (Å²) in [6.45, 7) is 0. The second-order valence-electron chi connectivity index (χ2n) is 2.05. The molecule has 3 nitrogen and oxygen atoms in total. The molecular weight excluding hydrogens is 168 g/mol. The van der Waals surface area contributed by atoms with Crippen molar-refractivity contribution in [3.05, 3.63) is 23.8 Å². The molecule has 3 heteroatoms. The third-order valence-electron chi connectivity index (χ3n) is 1.34. The molecule has 0 radical (unpaired) electrons. The Morgan fingerprint density at radius 1 is 1.38 bits per heavy atom. The Kier molecular flexibility index (Phi) is 6.54. The van der Waals surface area contributed by atoms with Crippen molar-refractivity contribution in [2.45, 2.75) is 14.9 Å². The van der Waals surface area contributed by atoms with Gasteiger partial charge in [-0.15, -0.1) is 0 Å². The number of benzene rings is 1. The van der Waals surface area contributed by atoms with E-state index in [0.29, 0.717) is 17.6 Å². The van der Waals surface area contributed by atoms with Crippen molar-refractivity contribution in [1.82, 2.24) is 0 Å². The number of rotatable bonds is 2. The van der Waals surface area contributed by atoms with Crippen molar-refractivity contribution in [3.63, 3.8) is 0 Å². The first-order valence-corrected chi connectivity index (χ1v) is 3.10. The summed E-state index contributed by atoms with van der Waals surface area (Å²) in [5.41, 5.74) is 0.486. The number of carbonyl (C=O) groups excluding carboxylic acids is 1. The van der Waals surface area contributed by atoms with Crippen LogP contribution < -0.4 is 4.74 Å². The van der Waals surface area contributed by atoms with Gasteiger partial charge in [0.15, 0.2) is 11.5 Å². The minimum absolute atomic E-state index is 0. The first-order valence-electron chi connectivity index (χ1n) is 3.10. The molecule has 13 heavy (non-hydrogen) atoms. The van der Waals surface area contributed by atoms with E-state index in [4.69, 9.17) is 9.84 Å². The number of methoxy groups -OCH3 is 1. The van der Waals surface area contributed by atoms with E-state index in [2.05, 4.69) is 0 Å². The summed E-state index contributed by atoms with van der Waals surface area (Å²) in [7, 11) is 1.43. The van der Waals surface area contributed by atoms with Gasteiger partial charge >= 0.3 is 0 Å². The molecular formula is C10H16O3. The fourth-order valence-corrected chi connectivity index (χ4v) is 0.768. The van der Waals surface area contributed by atoms with Crippen LogP contribution in [0.3, 0.4) is 0 Å². The second kappa shape index (κ2) is 6.06. The predicted octanol–water partition coefficient (Wildman–Crippen LogP) is 2.49. The number of aromatic hydroxyl groups is 1. The van der Waals surface area contributed by atoms with E-state index in [1.807, 2.05) is 0 Å². The lowest BCUT2D eigenvalue weighted by atomic mass is 10.2. The molecule has 0 amide bonds. The van der Waals surface area contributed by atoms with Gasteiger partial charge in [0.2, 0.25) is 0 Å². The fraction of sp³-hybridized carbons (Fsp3) is 0.300. The fourth-order valence-electron chi connectivity index (χ4n) is 0.768. The number of carbonyl (C=O) groups is 1. The van der Waals surface area contributed by atoms with Gasteiger partial charge in [-0.1, -0.05) is 14.9 Å². The minimum Gasteiger partial charge on any atom is -0.504 e. The number of aldehydes is 1. The smallest absolute Gasteiger partial charge is 0.161 e. The Morgan fingerprint density at radius 2 is 2.00 bits per heavy atom. The summed E-state index contributed by atoms with van der Waals surface area (Å²) in [6, 6.07) is 4.41. The van der Waals surface area contributed by atoms with Crippen molar-refractivity contribution < 1.29 is 14.6 Å². The van der Waals surface area contributed by atoms with Crippen LogP contribution in [-0.4, -0.2) is 18.5 Å². The van der Waals surface area contributed by atoms with E-state index in [1.165, 1.54) is 25.3 Å². The summed E-state index contributed by atoms with van der Waals surface area (Å²) in [6.07, 6.45) is 0.696. The maximum atomic E-state index is 10.2. The maximum Gasteiger partial charge on any atom is 0.161 e. The SMILES string of the molecule is C.C.COc1cc(C=O)ccc1O. The molecule has 0 bridgehead atoms. The van der Waals surface area contributed by atoms with E-state index < -0.39 is 0 Å². The minimum atomic E-state index is 0. The monoisotopic (exact) mass is 184 g/mol. The van der Waals surface area contributed by atoms with Crippen LogP contribution in [-0.2, 0) is 0 Å². The van der Waals surface area contributed by atoms with Crippen molar-refractivity contribution in [1.29, 1.82) is 0 Å². The molecule has 0 fully saturated rings. The Labute approximate surface area is 79.0 Å². The summed E-state index contributed by atoms with van der Waals surface area (Å²) in [5, 5.41) is 9.09. The zero-order valence-electron chi connectivity index (χ0n) is 6.07. The zero-order chi connectivity index (χ0) is 8.27. The van der Waals surface area contributed by atoms with Gasteiger partial charge in [-0.25, -0.2) is 0 Å². The third-order valence-corrected chi connectivity index (χ3v) is 1.34. The molecule has 1 aromatic carbocycles. The number of hydrogen-bond donors (Lipinski definition) is 1. The van der Waals surface area contributed by atoms with Crippen LogP contribution in [0.1, 0.15) is 25.2 Å². The normalized spacial score (nSPS) is 7.77. The van der Waals surface area contributed by atoms with Crippen LogP contribution in [0.4, 0.5) is 0 Å². The lowest BCUT2D eigenvalue weighted by Gasteiger charge is -2.01. The van der Waals surface area contributed by atoms with Gasteiger partial charge in [-0.3, -0.25) is 4.79 Å². The van der Waals surface area contributed by atoms with Crippen LogP contribution in [0.15, 0.2) is 18.2 Å². The summed E-state index contributed by atoms with van der Waals surface area (Å²) in [5.74, 6) is 0.354. The van der Waals surface area contributed by atoms with Crippen molar-refractivity contribution in [3.8, 4) is 11.5 Å². The summed E-state index contributed by atoms with van der Waals surface area (Å²) >= 11 is 0. The number of phenolic OH excluding ortho intramolecular Hbond substituents is 1. The second-order valence-corrected chi connectivity index (χ2v) is 2.05. The van der Waals surface area contributed by atoms with Gasteiger partial charge in [0, 0.05) is 5.56 Å². The van der Waals surface area contributed by atoms with Crippen LogP contribution >= 0.6 is 0 Å². The van der Waals surface area contributed by atoms with E-state index in [1.54, 1.807) is 0 Å². The van der Waals surface area contributed by atoms with E-state index in [9.17, 15) is 4.79 Å². The number of hydrogen-bond acceptors (Lipinski definition) is 3. The standard InChI is InChI=1S/C8H8O3.2CH4/c1-11-8-4-6(5-9)2-3-7(8)10;;/h2-5,10H,1H3;2*1H4. The van der Waals surface area contributed by atoms with Gasteiger partial charge in [-0.05, 0) is 18.2 Å². The maximum absolute atomic E-state index is 10.2. The highest BCUT2D eigenvalue weighted by atomic mass is 16.5. The molecule has 0 aliphatic rings. The van der Waals surface area contributed by atoms with Crippen LogP contribution in [0.2, 0.25) is 0 Å². The molecule has 0 spiro atoms. The highest BCUT2D eigenvalue weighted by Gasteiger charge is 2.00. The summed E-state index contributed by atoms with van der Waals surface area (Å²) in [4.78, 5) is 10.2. The quantitative estimate of drug-likeness (QED) is 0.718. The largest absolute Gasteiger partial charge is 0.504 e. The Bertz CT molecular complexity index is 269. The van der Waals surface area contributed by atoms with Gasteiger partial charge in [-0.2, -0.15) is 0 Å². The molecule has 1 rings (SSSR count). The number of ether oxygens (including phenoxy) is 1. The van der Waals surface area contributed by atoms with Gasteiger partial charge in [0.1, 0.15) is 6.29 Å². The first-order chi connectivity index (χ1) is 5.27. The van der Waals surface area contributed by atoms with Gasteiger partial charge in [0.05, 0.1) is 7.11 Å². The summed E-state index contributed by atoms with van der Waals surface area (Å²) < 4.78 is 4.78. The predicted molar refractivity (Wildman–Crippen MR) is 53.5 cm³/mol. The molecule has 1 aromatic rings. The molecule has 74 valence electrons. The van der Waals surface area contributed by atoms with E-state index >= 15 is 0 Å². The molecule has 0 aliphatic carbocycles. The zero-order valence-corrected chi connectivity index (χ0v) is 6.07. The average Bonchev–Trinajstić information content (AvgIpc) is 2.05. The highest BCUT2D eigenvalue weighted by Crippen LogP contribution is 2.25. The van der Waals surface area contributed by atoms with Crippen LogP contribution in [0.25, 0.3) is 0 Å². The molecule has 0 atom stereocenters. The molecule has 0 aromatic heterocycles. The molecule has 0 saturated heterocycles. The van der Waals surface area contributed by atoms with Crippen molar-refractivity contribution >= 4 is 6.29 Å². The molecule has 0 heterocycles. The van der Waals surface area contributed by atoms with Crippen molar-refractivity contribution in [2.24, 2.45) is 0 Å². The first kappa shape index (κ1) is 14.0. The van der Waals surface area contributed by atoms with Crippen LogP contribution in [0, 0.1) is 0 Å². The van der Waals surface area contributed by atoms with Gasteiger partial charge < -0.3 is 9.84 Å². The molecule has 0 saturated carbocycles. The topological polar surface area (TPSA) is 46.5 Å². The van der Waals surface area contributed by atoms with Gasteiger partial charge in [0.25, 0.3) is 0 Å². The Hall–Kier alpha value is -1.51. The molecule has 0 aliphatic heterocycles. The van der Waals surface area contributed by atoms with Crippen molar-refractivity contribution in [2.75, 3.05) is 7.11 Å². The van der Waals surface area contributed by atoms with E-state index in [0.717, 1.165) is 0 Å². The lowest BCUT2D eigenvalue weighted by molar-refractivity contribution is 0.112. The highest BCUT2D eigenvalue weighted by molar-refractivity contribution is 5.76. The lowest BCUT2D eigenvalue weighted by Crippen LogP contribution is -1.85. The average molecular weight is 184 g/mol. The van der Waals surface area contributed by atoms with E-state index in [-0.39, 0.29) is 20.6 Å². The van der Waals surface area contributed by atoms with Crippen LogP contribution in [0.5, 0.6) is 11.5 Å². The Balaban J connectivity index is 0.